The maximum Gasteiger partial charge on any atom is 0.253 e. The maximum absolute atomic E-state index is 13.9. The molecule has 3 aromatic rings. The molecule has 29 heavy (non-hydrogen) atoms. The van der Waals surface area contributed by atoms with Crippen molar-refractivity contribution in [3.05, 3.63) is 71.3 Å². The van der Waals surface area contributed by atoms with Crippen LogP contribution in [0.3, 0.4) is 0 Å². The summed E-state index contributed by atoms with van der Waals surface area (Å²) in [7, 11) is -3.51. The van der Waals surface area contributed by atoms with Gasteiger partial charge in [-0.1, -0.05) is 24.3 Å². The summed E-state index contributed by atoms with van der Waals surface area (Å²) < 4.78 is 40.9. The van der Waals surface area contributed by atoms with E-state index in [-0.39, 0.29) is 29.4 Å². The van der Waals surface area contributed by atoms with Gasteiger partial charge in [-0.3, -0.25) is 14.8 Å². The summed E-state index contributed by atoms with van der Waals surface area (Å²) in [6.07, 6.45) is 2.85. The third-order valence-corrected chi connectivity index (χ3v) is 5.62. The van der Waals surface area contributed by atoms with Crippen molar-refractivity contribution in [3.63, 3.8) is 0 Å². The van der Waals surface area contributed by atoms with E-state index < -0.39 is 21.7 Å². The van der Waals surface area contributed by atoms with E-state index in [0.29, 0.717) is 16.6 Å². The first-order valence-electron chi connectivity index (χ1n) is 9.00. The van der Waals surface area contributed by atoms with Crippen LogP contribution in [0.2, 0.25) is 0 Å². The average Bonchev–Trinajstić information content (AvgIpc) is 2.65. The number of nitrogens with zero attached hydrogens (tertiary/aromatic N) is 2. The van der Waals surface area contributed by atoms with Crippen LogP contribution >= 0.6 is 0 Å². The highest BCUT2D eigenvalue weighted by molar-refractivity contribution is 7.88. The van der Waals surface area contributed by atoms with Gasteiger partial charge in [-0.15, -0.1) is 0 Å². The molecule has 1 heterocycles. The summed E-state index contributed by atoms with van der Waals surface area (Å²) in [4.78, 5) is 20.8. The van der Waals surface area contributed by atoms with Crippen LogP contribution in [0.4, 0.5) is 4.39 Å². The second-order valence-corrected chi connectivity index (χ2v) is 8.61. The topological polar surface area (TPSA) is 101 Å². The zero-order valence-electron chi connectivity index (χ0n) is 16.0. The van der Waals surface area contributed by atoms with Crippen LogP contribution in [-0.4, -0.2) is 30.3 Å². The average molecular weight is 416 g/mol. The molecule has 0 radical (unpaired) electrons. The lowest BCUT2D eigenvalue weighted by Crippen LogP contribution is -2.32. The van der Waals surface area contributed by atoms with E-state index in [0.717, 1.165) is 6.07 Å². The Labute approximate surface area is 168 Å². The number of fused-ring (bicyclic) bond motifs is 1. The normalized spacial score (nSPS) is 11.7. The highest BCUT2D eigenvalue weighted by Gasteiger charge is 2.17. The minimum atomic E-state index is -3.51. The van der Waals surface area contributed by atoms with Gasteiger partial charge in [0.25, 0.3) is 5.91 Å². The Morgan fingerprint density at radius 3 is 2.52 bits per heavy atom. The molecule has 0 fully saturated rings. The third kappa shape index (κ3) is 5.33. The second-order valence-electron chi connectivity index (χ2n) is 6.86. The van der Waals surface area contributed by atoms with E-state index >= 15 is 0 Å². The molecule has 0 aliphatic heterocycles. The standard InChI is InChI=1S/C20H21FN4O3S/c1-13(2)25-29(27,28)12-15-6-4-3-5-14(15)11-24-20(26)17-9-16(21)10-18-19(17)23-8-7-22-18/h3-10,13,25H,11-12H2,1-2H3,(H,24,26). The van der Waals surface area contributed by atoms with Crippen LogP contribution in [0.1, 0.15) is 35.3 Å². The van der Waals surface area contributed by atoms with E-state index in [4.69, 9.17) is 0 Å². The maximum atomic E-state index is 13.9. The van der Waals surface area contributed by atoms with Gasteiger partial charge in [0.15, 0.2) is 0 Å². The van der Waals surface area contributed by atoms with Crippen molar-refractivity contribution >= 4 is 27.0 Å². The number of hydrogen-bond donors (Lipinski definition) is 2. The summed E-state index contributed by atoms with van der Waals surface area (Å²) in [5.41, 5.74) is 1.87. The van der Waals surface area contributed by atoms with Gasteiger partial charge < -0.3 is 5.32 Å². The molecule has 2 N–H and O–H groups in total. The van der Waals surface area contributed by atoms with E-state index in [9.17, 15) is 17.6 Å². The van der Waals surface area contributed by atoms with Gasteiger partial charge in [0.05, 0.1) is 16.8 Å². The molecule has 0 saturated heterocycles. The van der Waals surface area contributed by atoms with E-state index in [2.05, 4.69) is 20.0 Å². The first kappa shape index (κ1) is 20.8. The van der Waals surface area contributed by atoms with Crippen LogP contribution < -0.4 is 10.0 Å². The number of carbonyl (C=O) groups excluding carboxylic acids is 1. The van der Waals surface area contributed by atoms with Gasteiger partial charge in [0.1, 0.15) is 11.3 Å². The molecule has 1 aromatic heterocycles. The highest BCUT2D eigenvalue weighted by atomic mass is 32.2. The van der Waals surface area contributed by atoms with Crippen molar-refractivity contribution in [1.82, 2.24) is 20.0 Å². The number of amides is 1. The zero-order valence-corrected chi connectivity index (χ0v) is 16.8. The number of hydrogen-bond acceptors (Lipinski definition) is 5. The molecule has 0 aliphatic carbocycles. The Bertz CT molecular complexity index is 1150. The summed E-state index contributed by atoms with van der Waals surface area (Å²) in [5.74, 6) is -1.31. The first-order valence-corrected chi connectivity index (χ1v) is 10.7. The zero-order chi connectivity index (χ0) is 21.0. The van der Waals surface area contributed by atoms with Gasteiger partial charge in [0, 0.05) is 31.0 Å². The Morgan fingerprint density at radius 2 is 1.79 bits per heavy atom. The minimum Gasteiger partial charge on any atom is -0.348 e. The number of nitrogens with one attached hydrogen (secondary N) is 2. The Hall–Kier alpha value is -2.91. The summed E-state index contributed by atoms with van der Waals surface area (Å²) in [5, 5.41) is 2.71. The molecular formula is C20H21FN4O3S. The van der Waals surface area contributed by atoms with Gasteiger partial charge in [-0.05, 0) is 31.0 Å². The number of benzene rings is 2. The predicted molar refractivity (Wildman–Crippen MR) is 108 cm³/mol. The van der Waals surface area contributed by atoms with Crippen LogP contribution in [0, 0.1) is 5.82 Å². The molecule has 0 atom stereocenters. The smallest absolute Gasteiger partial charge is 0.253 e. The molecule has 0 aliphatic rings. The molecule has 7 nitrogen and oxygen atoms in total. The predicted octanol–water partition coefficient (Wildman–Crippen LogP) is 2.53. The summed E-state index contributed by atoms with van der Waals surface area (Å²) in [6, 6.07) is 9.04. The number of sulfonamides is 1. The fraction of sp³-hybridized carbons (Fsp3) is 0.250. The molecule has 0 saturated carbocycles. The summed E-state index contributed by atoms with van der Waals surface area (Å²) in [6.45, 7) is 3.58. The lowest BCUT2D eigenvalue weighted by atomic mass is 10.1. The van der Waals surface area contributed by atoms with E-state index in [1.807, 2.05) is 0 Å². The SMILES string of the molecule is CC(C)NS(=O)(=O)Cc1ccccc1CNC(=O)c1cc(F)cc2nccnc12. The quantitative estimate of drug-likeness (QED) is 0.616. The largest absolute Gasteiger partial charge is 0.348 e. The Morgan fingerprint density at radius 1 is 1.10 bits per heavy atom. The van der Waals surface area contributed by atoms with E-state index in [1.165, 1.54) is 18.5 Å². The van der Waals surface area contributed by atoms with Gasteiger partial charge in [0.2, 0.25) is 10.0 Å². The molecule has 3 rings (SSSR count). The van der Waals surface area contributed by atoms with Gasteiger partial charge in [-0.2, -0.15) is 0 Å². The van der Waals surface area contributed by atoms with Crippen molar-refractivity contribution in [3.8, 4) is 0 Å². The molecule has 1 amide bonds. The van der Waals surface area contributed by atoms with Crippen molar-refractivity contribution in [1.29, 1.82) is 0 Å². The second kappa shape index (κ2) is 8.62. The fourth-order valence-corrected chi connectivity index (χ4v) is 4.45. The van der Waals surface area contributed by atoms with Crippen molar-refractivity contribution in [2.75, 3.05) is 0 Å². The Kier molecular flexibility index (Phi) is 6.19. The van der Waals surface area contributed by atoms with E-state index in [1.54, 1.807) is 38.1 Å². The lowest BCUT2D eigenvalue weighted by molar-refractivity contribution is 0.0952. The van der Waals surface area contributed by atoms with Gasteiger partial charge in [-0.25, -0.2) is 17.5 Å². The number of halogens is 1. The molecule has 152 valence electrons. The van der Waals surface area contributed by atoms with Crippen molar-refractivity contribution < 1.29 is 17.6 Å². The van der Waals surface area contributed by atoms with Crippen LogP contribution in [-0.2, 0) is 22.3 Å². The molecule has 2 aromatic carbocycles. The van der Waals surface area contributed by atoms with Crippen molar-refractivity contribution in [2.24, 2.45) is 0 Å². The third-order valence-electron chi connectivity index (χ3n) is 4.10. The first-order chi connectivity index (χ1) is 13.7. The number of carbonyl (C=O) groups is 1. The van der Waals surface area contributed by atoms with Gasteiger partial charge >= 0.3 is 0 Å². The number of aromatic nitrogens is 2. The van der Waals surface area contributed by atoms with Crippen LogP contribution in [0.5, 0.6) is 0 Å². The summed E-state index contributed by atoms with van der Waals surface area (Å²) >= 11 is 0. The number of rotatable bonds is 7. The highest BCUT2D eigenvalue weighted by Crippen LogP contribution is 2.17. The molecule has 0 unspecified atom stereocenters. The van der Waals surface area contributed by atoms with Crippen molar-refractivity contribution in [2.45, 2.75) is 32.2 Å². The minimum absolute atomic E-state index is 0.0691. The molecular weight excluding hydrogens is 395 g/mol. The molecule has 0 bridgehead atoms. The fourth-order valence-electron chi connectivity index (χ4n) is 2.96. The molecule has 0 spiro atoms. The lowest BCUT2D eigenvalue weighted by Gasteiger charge is -2.13. The van der Waals surface area contributed by atoms with Crippen LogP contribution in [0.25, 0.3) is 11.0 Å². The van der Waals surface area contributed by atoms with Crippen LogP contribution in [0.15, 0.2) is 48.8 Å². The Balaban J connectivity index is 1.80. The molecule has 9 heteroatoms. The monoisotopic (exact) mass is 416 g/mol.